The number of aliphatic hydroxyl groups is 1. The summed E-state index contributed by atoms with van der Waals surface area (Å²) in [4.78, 5) is 19.1. The lowest BCUT2D eigenvalue weighted by Gasteiger charge is -2.19. The van der Waals surface area contributed by atoms with Crippen molar-refractivity contribution in [3.05, 3.63) is 39.4 Å². The van der Waals surface area contributed by atoms with E-state index in [1.165, 1.54) is 0 Å². The molecule has 5 nitrogen and oxygen atoms in total. The number of rotatable bonds is 5. The molecule has 0 fully saturated rings. The fourth-order valence-electron chi connectivity index (χ4n) is 1.98. The first kappa shape index (κ1) is 15.0. The molecule has 0 saturated carbocycles. The van der Waals surface area contributed by atoms with Gasteiger partial charge in [0.15, 0.2) is 0 Å². The first-order valence-electron chi connectivity index (χ1n) is 6.54. The van der Waals surface area contributed by atoms with Crippen LogP contribution in [0.1, 0.15) is 19.7 Å². The fraction of sp³-hybridized carbons (Fsp3) is 0.429. The van der Waals surface area contributed by atoms with Gasteiger partial charge < -0.3 is 15.4 Å². The van der Waals surface area contributed by atoms with Crippen LogP contribution in [0.25, 0.3) is 10.9 Å². The van der Waals surface area contributed by atoms with Gasteiger partial charge in [0.25, 0.3) is 5.56 Å². The summed E-state index contributed by atoms with van der Waals surface area (Å²) < 4.78 is 0. The van der Waals surface area contributed by atoms with Gasteiger partial charge in [-0.25, -0.2) is 4.98 Å². The van der Waals surface area contributed by atoms with Gasteiger partial charge in [-0.2, -0.15) is 0 Å². The number of nitrogens with one attached hydrogen (secondary N) is 2. The molecule has 2 aromatic rings. The highest BCUT2D eigenvalue weighted by molar-refractivity contribution is 6.31. The first-order valence-corrected chi connectivity index (χ1v) is 6.91. The highest BCUT2D eigenvalue weighted by Gasteiger charge is 2.12. The molecule has 0 saturated heterocycles. The van der Waals surface area contributed by atoms with Crippen LogP contribution in [0.3, 0.4) is 0 Å². The lowest BCUT2D eigenvalue weighted by molar-refractivity contribution is 0.209. The monoisotopic (exact) mass is 295 g/mol. The van der Waals surface area contributed by atoms with E-state index in [0.29, 0.717) is 34.2 Å². The molecule has 0 amide bonds. The van der Waals surface area contributed by atoms with Gasteiger partial charge in [-0.1, -0.05) is 25.4 Å². The average molecular weight is 296 g/mol. The van der Waals surface area contributed by atoms with Crippen molar-refractivity contribution in [1.82, 2.24) is 15.3 Å². The van der Waals surface area contributed by atoms with Crippen molar-refractivity contribution in [3.8, 4) is 0 Å². The number of hydrogen-bond acceptors (Lipinski definition) is 4. The molecule has 6 heteroatoms. The molecule has 1 heterocycles. The number of benzene rings is 1. The maximum Gasteiger partial charge on any atom is 0.258 e. The topological polar surface area (TPSA) is 78.0 Å². The van der Waals surface area contributed by atoms with Crippen LogP contribution in [0.15, 0.2) is 23.0 Å². The molecule has 0 bridgehead atoms. The van der Waals surface area contributed by atoms with Crippen LogP contribution in [0.4, 0.5) is 0 Å². The highest BCUT2D eigenvalue weighted by Crippen LogP contribution is 2.14. The molecule has 3 N–H and O–H groups in total. The number of H-pyrrole nitrogens is 1. The Labute approximate surface area is 122 Å². The molecule has 0 spiro atoms. The van der Waals surface area contributed by atoms with Crippen molar-refractivity contribution < 1.29 is 5.11 Å². The van der Waals surface area contributed by atoms with E-state index < -0.39 is 0 Å². The zero-order chi connectivity index (χ0) is 14.7. The molecule has 1 aromatic heterocycles. The summed E-state index contributed by atoms with van der Waals surface area (Å²) >= 11 is 5.91. The molecular weight excluding hydrogens is 278 g/mol. The molecule has 1 aromatic carbocycles. The molecule has 1 atom stereocenters. The zero-order valence-corrected chi connectivity index (χ0v) is 12.2. The van der Waals surface area contributed by atoms with Crippen molar-refractivity contribution >= 4 is 22.5 Å². The van der Waals surface area contributed by atoms with Crippen molar-refractivity contribution in [2.75, 3.05) is 6.61 Å². The van der Waals surface area contributed by atoms with Crippen LogP contribution in [0.5, 0.6) is 0 Å². The average Bonchev–Trinajstić information content (AvgIpc) is 2.38. The van der Waals surface area contributed by atoms with Crippen LogP contribution < -0.4 is 10.9 Å². The second-order valence-corrected chi connectivity index (χ2v) is 5.52. The number of aliphatic hydroxyl groups excluding tert-OH is 1. The number of nitrogens with zero attached hydrogens (tertiary/aromatic N) is 1. The van der Waals surface area contributed by atoms with Gasteiger partial charge >= 0.3 is 0 Å². The van der Waals surface area contributed by atoms with Crippen LogP contribution in [0, 0.1) is 5.92 Å². The SMILES string of the molecule is CC(C)[C@@H](CO)NCc1nc2cc(Cl)ccc2c(=O)[nH]1. The van der Waals surface area contributed by atoms with Crippen molar-refractivity contribution in [2.45, 2.75) is 26.4 Å². The molecular formula is C14H18ClN3O2. The predicted octanol–water partition coefficient (Wildman–Crippen LogP) is 1.68. The van der Waals surface area contributed by atoms with Gasteiger partial charge in [-0.3, -0.25) is 4.79 Å². The van der Waals surface area contributed by atoms with Crippen molar-refractivity contribution in [2.24, 2.45) is 5.92 Å². The van der Waals surface area contributed by atoms with Gasteiger partial charge in [0, 0.05) is 11.1 Å². The maximum absolute atomic E-state index is 11.9. The molecule has 0 unspecified atom stereocenters. The van der Waals surface area contributed by atoms with Gasteiger partial charge in [0.05, 0.1) is 24.1 Å². The van der Waals surface area contributed by atoms with Crippen LogP contribution >= 0.6 is 11.6 Å². The van der Waals surface area contributed by atoms with Gasteiger partial charge in [-0.05, 0) is 24.1 Å². The van der Waals surface area contributed by atoms with Gasteiger partial charge in [-0.15, -0.1) is 0 Å². The third-order valence-corrected chi connectivity index (χ3v) is 3.49. The minimum atomic E-state index is -0.187. The Morgan fingerprint density at radius 1 is 1.45 bits per heavy atom. The van der Waals surface area contributed by atoms with E-state index in [0.717, 1.165) is 0 Å². The first-order chi connectivity index (χ1) is 9.51. The van der Waals surface area contributed by atoms with E-state index >= 15 is 0 Å². The minimum absolute atomic E-state index is 0.0321. The molecule has 20 heavy (non-hydrogen) atoms. The lowest BCUT2D eigenvalue weighted by Crippen LogP contribution is -2.37. The predicted molar refractivity (Wildman–Crippen MR) is 79.9 cm³/mol. The largest absolute Gasteiger partial charge is 0.395 e. The maximum atomic E-state index is 11.9. The Morgan fingerprint density at radius 3 is 2.85 bits per heavy atom. The smallest absolute Gasteiger partial charge is 0.258 e. The number of aromatic amines is 1. The van der Waals surface area contributed by atoms with Gasteiger partial charge in [0.2, 0.25) is 0 Å². The Morgan fingerprint density at radius 2 is 2.20 bits per heavy atom. The summed E-state index contributed by atoms with van der Waals surface area (Å²) in [5, 5.41) is 13.5. The van der Waals surface area contributed by atoms with Gasteiger partial charge in [0.1, 0.15) is 5.82 Å². The highest BCUT2D eigenvalue weighted by atomic mass is 35.5. The van der Waals surface area contributed by atoms with E-state index in [2.05, 4.69) is 15.3 Å². The summed E-state index contributed by atoms with van der Waals surface area (Å²) in [6, 6.07) is 4.96. The Kier molecular flexibility index (Phi) is 4.75. The van der Waals surface area contributed by atoms with Crippen LogP contribution in [-0.2, 0) is 6.54 Å². The van der Waals surface area contributed by atoms with E-state index in [1.54, 1.807) is 18.2 Å². The zero-order valence-electron chi connectivity index (χ0n) is 11.5. The number of fused-ring (bicyclic) bond motifs is 1. The summed E-state index contributed by atoms with van der Waals surface area (Å²) in [7, 11) is 0. The molecule has 0 aliphatic carbocycles. The number of aromatic nitrogens is 2. The van der Waals surface area contributed by atoms with E-state index in [-0.39, 0.29) is 18.2 Å². The lowest BCUT2D eigenvalue weighted by atomic mass is 10.1. The Hall–Kier alpha value is -1.43. The summed E-state index contributed by atoms with van der Waals surface area (Å²) in [6.07, 6.45) is 0. The van der Waals surface area contributed by atoms with E-state index in [4.69, 9.17) is 11.6 Å². The van der Waals surface area contributed by atoms with E-state index in [9.17, 15) is 9.90 Å². The second kappa shape index (κ2) is 6.35. The van der Waals surface area contributed by atoms with E-state index in [1.807, 2.05) is 13.8 Å². The Bertz CT molecular complexity index is 654. The number of halogens is 1. The third-order valence-electron chi connectivity index (χ3n) is 3.25. The van der Waals surface area contributed by atoms with Crippen LogP contribution in [0.2, 0.25) is 5.02 Å². The minimum Gasteiger partial charge on any atom is -0.395 e. The summed E-state index contributed by atoms with van der Waals surface area (Å²) in [6.45, 7) is 4.47. The summed E-state index contributed by atoms with van der Waals surface area (Å²) in [5.74, 6) is 0.825. The quantitative estimate of drug-likeness (QED) is 0.784. The summed E-state index contributed by atoms with van der Waals surface area (Å²) in [5.41, 5.74) is 0.386. The van der Waals surface area contributed by atoms with Crippen molar-refractivity contribution in [3.63, 3.8) is 0 Å². The number of hydrogen-bond donors (Lipinski definition) is 3. The van der Waals surface area contributed by atoms with Crippen molar-refractivity contribution in [1.29, 1.82) is 0 Å². The van der Waals surface area contributed by atoms with Crippen LogP contribution in [-0.4, -0.2) is 27.7 Å². The molecule has 108 valence electrons. The molecule has 0 radical (unpaired) electrons. The Balaban J connectivity index is 2.25. The molecule has 0 aliphatic heterocycles. The normalized spacial score (nSPS) is 13.1. The third kappa shape index (κ3) is 3.36. The molecule has 0 aliphatic rings. The fourth-order valence-corrected chi connectivity index (χ4v) is 2.15. The second-order valence-electron chi connectivity index (χ2n) is 5.09. The molecule has 2 rings (SSSR count). The standard InChI is InChI=1S/C14H18ClN3O2/c1-8(2)12(7-19)16-6-13-17-11-5-9(15)3-4-10(11)14(20)18-13/h3-5,8,12,16,19H,6-7H2,1-2H3,(H,17,18,20)/t12-/m1/s1.